The van der Waals surface area contributed by atoms with Crippen molar-refractivity contribution in [3.8, 4) is 10.8 Å². The summed E-state index contributed by atoms with van der Waals surface area (Å²) >= 11 is 1.54. The fraction of sp³-hybridized carbons (Fsp3) is 0.263. The largest absolute Gasteiger partial charge is 0.444 e. The number of amides is 1. The third kappa shape index (κ3) is 3.54. The number of hydrogen-bond acceptors (Lipinski definition) is 5. The van der Waals surface area contributed by atoms with Crippen molar-refractivity contribution >= 4 is 17.2 Å². The summed E-state index contributed by atoms with van der Waals surface area (Å²) in [6, 6.07) is 10.1. The molecule has 7 heteroatoms. The molecule has 2 aromatic heterocycles. The number of piperazine rings is 1. The van der Waals surface area contributed by atoms with E-state index in [1.807, 2.05) is 23.6 Å². The van der Waals surface area contributed by atoms with E-state index in [-0.39, 0.29) is 24.2 Å². The minimum atomic E-state index is -0.294. The van der Waals surface area contributed by atoms with Crippen LogP contribution in [0.2, 0.25) is 0 Å². The molecule has 0 radical (unpaired) electrons. The first kappa shape index (κ1) is 16.9. The highest BCUT2D eigenvalue weighted by molar-refractivity contribution is 7.13. The average molecular weight is 371 g/mol. The van der Waals surface area contributed by atoms with Gasteiger partial charge in [0.15, 0.2) is 0 Å². The minimum absolute atomic E-state index is 0.0354. The van der Waals surface area contributed by atoms with Gasteiger partial charge in [0.2, 0.25) is 11.8 Å². The van der Waals surface area contributed by atoms with Crippen LogP contribution >= 0.6 is 11.3 Å². The molecule has 1 atom stereocenters. The molecule has 5 nitrogen and oxygen atoms in total. The van der Waals surface area contributed by atoms with E-state index in [9.17, 15) is 9.18 Å². The van der Waals surface area contributed by atoms with E-state index in [1.54, 1.807) is 11.0 Å². The van der Waals surface area contributed by atoms with Crippen molar-refractivity contribution in [2.75, 3.05) is 19.6 Å². The quantitative estimate of drug-likeness (QED) is 0.765. The van der Waals surface area contributed by atoms with E-state index in [2.05, 4.69) is 10.3 Å². The van der Waals surface area contributed by atoms with Gasteiger partial charge in [-0.3, -0.25) is 4.79 Å². The van der Waals surface area contributed by atoms with Crippen LogP contribution in [0, 0.1) is 5.82 Å². The number of nitrogens with zero attached hydrogens (tertiary/aromatic N) is 2. The average Bonchev–Trinajstić information content (AvgIpc) is 3.33. The fourth-order valence-corrected chi connectivity index (χ4v) is 3.83. The molecular formula is C19H18FN3O2S. The van der Waals surface area contributed by atoms with Gasteiger partial charge in [-0.05, 0) is 29.1 Å². The summed E-state index contributed by atoms with van der Waals surface area (Å²) in [6.45, 7) is 1.90. The van der Waals surface area contributed by atoms with Crippen LogP contribution in [0.15, 0.2) is 52.5 Å². The molecule has 1 N–H and O–H groups in total. The molecule has 1 aliphatic rings. The number of nitrogens with one attached hydrogen (secondary N) is 1. The van der Waals surface area contributed by atoms with Crippen LogP contribution in [-0.4, -0.2) is 35.4 Å². The van der Waals surface area contributed by atoms with Gasteiger partial charge in [0.1, 0.15) is 12.1 Å². The number of benzene rings is 1. The van der Waals surface area contributed by atoms with Gasteiger partial charge in [0, 0.05) is 19.6 Å². The lowest BCUT2D eigenvalue weighted by atomic mass is 10.0. The Morgan fingerprint density at radius 3 is 3.12 bits per heavy atom. The Balaban J connectivity index is 1.50. The molecule has 4 rings (SSSR count). The third-order valence-electron chi connectivity index (χ3n) is 4.41. The second-order valence-corrected chi connectivity index (χ2v) is 7.11. The maximum absolute atomic E-state index is 13.6. The first-order valence-electron chi connectivity index (χ1n) is 8.44. The Hall–Kier alpha value is -2.51. The molecule has 1 fully saturated rings. The predicted molar refractivity (Wildman–Crippen MR) is 97.2 cm³/mol. The number of carbonyl (C=O) groups is 1. The Morgan fingerprint density at radius 1 is 1.38 bits per heavy atom. The van der Waals surface area contributed by atoms with Crippen LogP contribution in [0.1, 0.15) is 17.3 Å². The van der Waals surface area contributed by atoms with Gasteiger partial charge in [-0.1, -0.05) is 18.2 Å². The van der Waals surface area contributed by atoms with E-state index in [1.165, 1.54) is 29.7 Å². The van der Waals surface area contributed by atoms with Crippen molar-refractivity contribution in [3.63, 3.8) is 0 Å². The van der Waals surface area contributed by atoms with E-state index >= 15 is 0 Å². The number of thiophene rings is 1. The lowest BCUT2D eigenvalue weighted by Gasteiger charge is -2.36. The monoisotopic (exact) mass is 371 g/mol. The van der Waals surface area contributed by atoms with Gasteiger partial charge in [0.25, 0.3) is 0 Å². The predicted octanol–water partition coefficient (Wildman–Crippen LogP) is 3.26. The summed E-state index contributed by atoms with van der Waals surface area (Å²) in [6.07, 6.45) is 1.70. The van der Waals surface area contributed by atoms with Crippen molar-refractivity contribution in [1.82, 2.24) is 15.2 Å². The van der Waals surface area contributed by atoms with Gasteiger partial charge in [0.05, 0.1) is 23.0 Å². The SMILES string of the molecule is O=C(Cc1coc(-c2cccs2)n1)N1CCNCC1c1cccc(F)c1. The number of hydrogen-bond donors (Lipinski definition) is 1. The maximum Gasteiger partial charge on any atom is 0.236 e. The van der Waals surface area contributed by atoms with Gasteiger partial charge in [-0.2, -0.15) is 0 Å². The van der Waals surface area contributed by atoms with Crippen molar-refractivity contribution in [1.29, 1.82) is 0 Å². The Labute approximate surface area is 154 Å². The molecule has 26 heavy (non-hydrogen) atoms. The maximum atomic E-state index is 13.6. The van der Waals surface area contributed by atoms with Crippen molar-refractivity contribution in [3.05, 3.63) is 65.1 Å². The molecule has 1 aliphatic heterocycles. The summed E-state index contributed by atoms with van der Waals surface area (Å²) in [5.41, 5.74) is 1.40. The third-order valence-corrected chi connectivity index (χ3v) is 5.27. The van der Waals surface area contributed by atoms with Gasteiger partial charge in [-0.25, -0.2) is 9.37 Å². The number of rotatable bonds is 4. The van der Waals surface area contributed by atoms with Crippen molar-refractivity contribution in [2.24, 2.45) is 0 Å². The molecule has 0 aliphatic carbocycles. The number of oxazole rings is 1. The summed E-state index contributed by atoms with van der Waals surface area (Å²) in [4.78, 5) is 20.0. The van der Waals surface area contributed by atoms with E-state index in [0.717, 1.165) is 17.0 Å². The summed E-state index contributed by atoms with van der Waals surface area (Å²) in [5.74, 6) is 0.203. The zero-order valence-corrected chi connectivity index (χ0v) is 14.8. The minimum Gasteiger partial charge on any atom is -0.444 e. The molecule has 1 unspecified atom stereocenters. The van der Waals surface area contributed by atoms with Gasteiger partial charge in [-0.15, -0.1) is 11.3 Å². The van der Waals surface area contributed by atoms with Crippen LogP contribution in [0.3, 0.4) is 0 Å². The Bertz CT molecular complexity index is 894. The van der Waals surface area contributed by atoms with E-state index in [4.69, 9.17) is 4.42 Å². The molecule has 0 spiro atoms. The summed E-state index contributed by atoms with van der Waals surface area (Å²) < 4.78 is 19.1. The second-order valence-electron chi connectivity index (χ2n) is 6.16. The zero-order chi connectivity index (χ0) is 17.9. The number of aromatic nitrogens is 1. The van der Waals surface area contributed by atoms with Crippen LogP contribution in [0.25, 0.3) is 10.8 Å². The lowest BCUT2D eigenvalue weighted by molar-refractivity contribution is -0.133. The van der Waals surface area contributed by atoms with Gasteiger partial charge >= 0.3 is 0 Å². The molecular weight excluding hydrogens is 353 g/mol. The highest BCUT2D eigenvalue weighted by Crippen LogP contribution is 2.26. The topological polar surface area (TPSA) is 58.4 Å². The Morgan fingerprint density at radius 2 is 2.31 bits per heavy atom. The number of halogens is 1. The molecule has 0 bridgehead atoms. The smallest absolute Gasteiger partial charge is 0.236 e. The molecule has 1 saturated heterocycles. The van der Waals surface area contributed by atoms with Crippen molar-refractivity contribution in [2.45, 2.75) is 12.5 Å². The van der Waals surface area contributed by atoms with E-state index in [0.29, 0.717) is 24.7 Å². The van der Waals surface area contributed by atoms with Crippen molar-refractivity contribution < 1.29 is 13.6 Å². The number of carbonyl (C=O) groups excluding carboxylic acids is 1. The summed E-state index contributed by atoms with van der Waals surface area (Å²) in [7, 11) is 0. The molecule has 3 aromatic rings. The highest BCUT2D eigenvalue weighted by atomic mass is 32.1. The van der Waals surface area contributed by atoms with Crippen LogP contribution < -0.4 is 5.32 Å². The normalized spacial score (nSPS) is 17.4. The van der Waals surface area contributed by atoms with Crippen LogP contribution in [0.4, 0.5) is 4.39 Å². The Kier molecular flexibility index (Phi) is 4.81. The summed E-state index contributed by atoms with van der Waals surface area (Å²) in [5, 5.41) is 5.23. The second kappa shape index (κ2) is 7.39. The molecule has 0 saturated carbocycles. The van der Waals surface area contributed by atoms with Gasteiger partial charge < -0.3 is 14.6 Å². The lowest BCUT2D eigenvalue weighted by Crippen LogP contribution is -2.49. The molecule has 3 heterocycles. The van der Waals surface area contributed by atoms with Crippen LogP contribution in [-0.2, 0) is 11.2 Å². The first-order valence-corrected chi connectivity index (χ1v) is 9.32. The highest BCUT2D eigenvalue weighted by Gasteiger charge is 2.28. The molecule has 1 aromatic carbocycles. The molecule has 134 valence electrons. The standard InChI is InChI=1S/C19H18FN3O2S/c20-14-4-1-3-13(9-14)16-11-21-6-7-23(16)18(24)10-15-12-25-19(22-15)17-5-2-8-26-17/h1-5,8-9,12,16,21H,6-7,10-11H2. The fourth-order valence-electron chi connectivity index (χ4n) is 3.17. The molecule has 1 amide bonds. The van der Waals surface area contributed by atoms with E-state index < -0.39 is 0 Å². The first-order chi connectivity index (χ1) is 12.7. The zero-order valence-electron chi connectivity index (χ0n) is 14.0. The van der Waals surface area contributed by atoms with Crippen LogP contribution in [0.5, 0.6) is 0 Å².